The van der Waals surface area contributed by atoms with Crippen molar-refractivity contribution in [2.45, 2.75) is 20.4 Å². The number of hydrogen-bond donors (Lipinski definition) is 1. The first kappa shape index (κ1) is 18.3. The third-order valence-corrected chi connectivity index (χ3v) is 4.39. The van der Waals surface area contributed by atoms with Gasteiger partial charge < -0.3 is 10.1 Å². The quantitative estimate of drug-likeness (QED) is 0.478. The van der Waals surface area contributed by atoms with Crippen molar-refractivity contribution in [3.8, 4) is 0 Å². The lowest BCUT2D eigenvalue weighted by Gasteiger charge is -2.09. The minimum Gasteiger partial charge on any atom is -0.465 e. The molecule has 2 aromatic rings. The first-order chi connectivity index (χ1) is 11.7. The van der Waals surface area contributed by atoms with Gasteiger partial charge in [-0.3, -0.25) is 24.3 Å². The molecule has 2 aromatic heterocycles. The van der Waals surface area contributed by atoms with E-state index in [1.807, 2.05) is 0 Å². The molecule has 0 saturated heterocycles. The second-order valence-electron chi connectivity index (χ2n) is 4.96. The fourth-order valence-corrected chi connectivity index (χ4v) is 2.99. The van der Waals surface area contributed by atoms with Gasteiger partial charge in [-0.2, -0.15) is 0 Å². The average molecular weight is 366 g/mol. The Morgan fingerprint density at radius 1 is 1.40 bits per heavy atom. The summed E-state index contributed by atoms with van der Waals surface area (Å²) in [6.07, 6.45) is 0. The van der Waals surface area contributed by atoms with Crippen LogP contribution in [0.3, 0.4) is 0 Å². The van der Waals surface area contributed by atoms with Gasteiger partial charge in [-0.05, 0) is 13.8 Å². The van der Waals surface area contributed by atoms with Crippen molar-refractivity contribution in [1.82, 2.24) is 9.55 Å². The van der Waals surface area contributed by atoms with Crippen LogP contribution in [0.5, 0.6) is 0 Å². The molecule has 25 heavy (non-hydrogen) atoms. The van der Waals surface area contributed by atoms with Crippen LogP contribution in [0.4, 0.5) is 10.8 Å². The molecule has 0 bridgehead atoms. The average Bonchev–Trinajstić information content (AvgIpc) is 2.90. The minimum atomic E-state index is -0.629. The Labute approximate surface area is 145 Å². The highest BCUT2D eigenvalue weighted by Crippen LogP contribution is 2.23. The molecule has 0 aliphatic rings. The van der Waals surface area contributed by atoms with Crippen molar-refractivity contribution in [3.63, 3.8) is 0 Å². The molecule has 0 aromatic carbocycles. The highest BCUT2D eigenvalue weighted by molar-refractivity contribution is 7.17. The number of thiazole rings is 1. The fraction of sp³-hybridized carbons (Fsp3) is 0.286. The Kier molecular flexibility index (Phi) is 5.27. The lowest BCUT2D eigenvalue weighted by atomic mass is 10.3. The van der Waals surface area contributed by atoms with Gasteiger partial charge in [0, 0.05) is 12.1 Å². The predicted octanol–water partition coefficient (Wildman–Crippen LogP) is 1.26. The second-order valence-corrected chi connectivity index (χ2v) is 5.96. The maximum absolute atomic E-state index is 12.1. The maximum atomic E-state index is 12.1. The van der Waals surface area contributed by atoms with Crippen LogP contribution in [0, 0.1) is 24.0 Å². The number of nitrogens with zero attached hydrogens (tertiary/aromatic N) is 3. The molecule has 0 unspecified atom stereocenters. The first-order valence-electron chi connectivity index (χ1n) is 6.95. The van der Waals surface area contributed by atoms with E-state index >= 15 is 0 Å². The Hall–Kier alpha value is -3.08. The number of aryl methyl sites for hydroxylation is 1. The summed E-state index contributed by atoms with van der Waals surface area (Å²) < 4.78 is 5.60. The van der Waals surface area contributed by atoms with E-state index in [2.05, 4.69) is 15.0 Å². The topological polar surface area (TPSA) is 133 Å². The lowest BCUT2D eigenvalue weighted by molar-refractivity contribution is -0.386. The van der Waals surface area contributed by atoms with Crippen molar-refractivity contribution < 1.29 is 19.2 Å². The van der Waals surface area contributed by atoms with Crippen molar-refractivity contribution in [3.05, 3.63) is 48.9 Å². The molecule has 132 valence electrons. The van der Waals surface area contributed by atoms with E-state index in [4.69, 9.17) is 0 Å². The maximum Gasteiger partial charge on any atom is 0.350 e. The van der Waals surface area contributed by atoms with Gasteiger partial charge in [0.15, 0.2) is 5.13 Å². The van der Waals surface area contributed by atoms with Gasteiger partial charge in [-0.15, -0.1) is 0 Å². The van der Waals surface area contributed by atoms with Crippen molar-refractivity contribution in [2.24, 2.45) is 0 Å². The van der Waals surface area contributed by atoms with Crippen molar-refractivity contribution in [2.75, 3.05) is 12.4 Å². The largest absolute Gasteiger partial charge is 0.465 e. The van der Waals surface area contributed by atoms with E-state index in [0.717, 1.165) is 28.0 Å². The molecule has 0 aliphatic carbocycles. The zero-order valence-corrected chi connectivity index (χ0v) is 14.4. The molecule has 1 N–H and O–H groups in total. The Balaban J connectivity index is 2.22. The summed E-state index contributed by atoms with van der Waals surface area (Å²) in [5.74, 6) is -1.17. The van der Waals surface area contributed by atoms with Gasteiger partial charge in [0.25, 0.3) is 11.2 Å². The number of pyridine rings is 1. The number of carbonyl (C=O) groups is 2. The predicted molar refractivity (Wildman–Crippen MR) is 88.9 cm³/mol. The number of rotatable bonds is 5. The number of methoxy groups -OCH3 is 1. The molecule has 1 amide bonds. The number of hydrogen-bond acceptors (Lipinski definition) is 8. The molecule has 0 saturated carbocycles. The third-order valence-electron chi connectivity index (χ3n) is 3.34. The number of nitro groups is 1. The van der Waals surface area contributed by atoms with Crippen LogP contribution in [0.1, 0.15) is 21.1 Å². The van der Waals surface area contributed by atoms with E-state index in [1.165, 1.54) is 14.0 Å². The van der Waals surface area contributed by atoms with Crippen LogP contribution in [0.15, 0.2) is 16.9 Å². The first-order valence-corrected chi connectivity index (χ1v) is 7.76. The van der Waals surface area contributed by atoms with Gasteiger partial charge in [-0.25, -0.2) is 9.78 Å². The van der Waals surface area contributed by atoms with Gasteiger partial charge in [0.05, 0.1) is 23.4 Å². The lowest BCUT2D eigenvalue weighted by Crippen LogP contribution is -2.29. The number of aromatic nitrogens is 2. The molecular formula is C14H14N4O6S. The van der Waals surface area contributed by atoms with E-state index in [9.17, 15) is 24.5 Å². The molecule has 2 rings (SSSR count). The SMILES string of the molecule is COC(=O)c1sc(NC(=O)Cn2c(C)c([N+](=O)[O-])ccc2=O)nc1C. The number of amides is 1. The molecule has 10 nitrogen and oxygen atoms in total. The molecule has 11 heteroatoms. The normalized spacial score (nSPS) is 10.4. The summed E-state index contributed by atoms with van der Waals surface area (Å²) in [5.41, 5.74) is -0.330. The summed E-state index contributed by atoms with van der Waals surface area (Å²) in [7, 11) is 1.23. The third kappa shape index (κ3) is 3.88. The van der Waals surface area contributed by atoms with E-state index in [-0.39, 0.29) is 21.4 Å². The zero-order chi connectivity index (χ0) is 18.7. The van der Waals surface area contributed by atoms with E-state index in [1.54, 1.807) is 6.92 Å². The van der Waals surface area contributed by atoms with Crippen LogP contribution >= 0.6 is 11.3 Å². The van der Waals surface area contributed by atoms with E-state index < -0.39 is 28.9 Å². The van der Waals surface area contributed by atoms with Gasteiger partial charge >= 0.3 is 5.97 Å². The molecule has 0 atom stereocenters. The van der Waals surface area contributed by atoms with Crippen LogP contribution in [0.2, 0.25) is 0 Å². The summed E-state index contributed by atoms with van der Waals surface area (Å²) in [6.45, 7) is 2.56. The Morgan fingerprint density at radius 3 is 2.68 bits per heavy atom. The Bertz CT molecular complexity index is 917. The summed E-state index contributed by atoms with van der Waals surface area (Å²) >= 11 is 0.934. The van der Waals surface area contributed by atoms with Gasteiger partial charge in [0.1, 0.15) is 11.4 Å². The van der Waals surface area contributed by atoms with Crippen LogP contribution in [0.25, 0.3) is 0 Å². The van der Waals surface area contributed by atoms with E-state index in [0.29, 0.717) is 5.69 Å². The summed E-state index contributed by atoms with van der Waals surface area (Å²) in [6, 6.07) is 2.13. The molecule has 0 radical (unpaired) electrons. The highest BCUT2D eigenvalue weighted by Gasteiger charge is 2.19. The smallest absolute Gasteiger partial charge is 0.350 e. The van der Waals surface area contributed by atoms with Crippen LogP contribution in [-0.2, 0) is 16.1 Å². The van der Waals surface area contributed by atoms with Crippen molar-refractivity contribution in [1.29, 1.82) is 0 Å². The molecule has 0 aliphatic heterocycles. The minimum absolute atomic E-state index is 0.0678. The Morgan fingerprint density at radius 2 is 2.08 bits per heavy atom. The summed E-state index contributed by atoms with van der Waals surface area (Å²) in [5, 5.41) is 13.6. The van der Waals surface area contributed by atoms with Gasteiger partial charge in [-0.1, -0.05) is 11.3 Å². The molecule has 0 spiro atoms. The number of anilines is 1. The van der Waals surface area contributed by atoms with Gasteiger partial charge in [0.2, 0.25) is 5.91 Å². The standard InChI is InChI=1S/C14H14N4O6S/c1-7-12(13(21)24-3)25-14(15-7)16-10(19)6-17-8(2)9(18(22)23)4-5-11(17)20/h4-5H,6H2,1-3H3,(H,15,16,19). The number of esters is 1. The molecular weight excluding hydrogens is 352 g/mol. The fourth-order valence-electron chi connectivity index (χ4n) is 2.09. The van der Waals surface area contributed by atoms with Crippen LogP contribution < -0.4 is 10.9 Å². The monoisotopic (exact) mass is 366 g/mol. The van der Waals surface area contributed by atoms with Crippen LogP contribution in [-0.4, -0.2) is 33.5 Å². The number of nitrogens with one attached hydrogen (secondary N) is 1. The molecule has 2 heterocycles. The second kappa shape index (κ2) is 7.21. The number of ether oxygens (including phenoxy) is 1. The number of carbonyl (C=O) groups excluding carboxylic acids is 2. The van der Waals surface area contributed by atoms with Crippen molar-refractivity contribution >= 4 is 34.0 Å². The molecule has 0 fully saturated rings. The zero-order valence-electron chi connectivity index (χ0n) is 13.6. The summed E-state index contributed by atoms with van der Waals surface area (Å²) in [4.78, 5) is 50.2. The highest BCUT2D eigenvalue weighted by atomic mass is 32.1.